The average Bonchev–Trinajstić information content (AvgIpc) is 2.18. The fourth-order valence-electron chi connectivity index (χ4n) is 1.05. The Balaban J connectivity index is 3.37. The third kappa shape index (κ3) is 13.3. The Kier molecular flexibility index (Phi) is 8.11. The molecule has 0 rings (SSSR count). The van der Waals surface area contributed by atoms with Gasteiger partial charge in [0.2, 0.25) is 15.9 Å². The minimum absolute atomic E-state index is 0.0326. The lowest BCUT2D eigenvalue weighted by Crippen LogP contribution is -2.36. The second-order valence-corrected chi connectivity index (χ2v) is 6.23. The van der Waals surface area contributed by atoms with Crippen molar-refractivity contribution in [1.82, 2.24) is 15.4 Å². The van der Waals surface area contributed by atoms with Gasteiger partial charge < -0.3 is 10.6 Å². The van der Waals surface area contributed by atoms with Crippen LogP contribution < -0.4 is 15.4 Å². The van der Waals surface area contributed by atoms with Gasteiger partial charge in [-0.15, -0.1) is 0 Å². The van der Waals surface area contributed by atoms with Crippen LogP contribution in [0.1, 0.15) is 20.3 Å². The van der Waals surface area contributed by atoms with Gasteiger partial charge in [-0.1, -0.05) is 13.8 Å². The van der Waals surface area contributed by atoms with E-state index in [4.69, 9.17) is 0 Å². The van der Waals surface area contributed by atoms with Crippen LogP contribution in [0.4, 0.5) is 0 Å². The summed E-state index contributed by atoms with van der Waals surface area (Å²) in [7, 11) is -3.10. The number of carbonyl (C=O) groups excluding carboxylic acids is 1. The Morgan fingerprint density at radius 2 is 1.88 bits per heavy atom. The molecular formula is C10H23N3O3S. The molecular weight excluding hydrogens is 242 g/mol. The van der Waals surface area contributed by atoms with Crippen molar-refractivity contribution in [2.24, 2.45) is 5.92 Å². The van der Waals surface area contributed by atoms with Crippen LogP contribution in [0.2, 0.25) is 0 Å². The normalized spacial score (nSPS) is 11.8. The number of nitrogens with one attached hydrogen (secondary N) is 3. The molecule has 0 fully saturated rings. The van der Waals surface area contributed by atoms with Crippen molar-refractivity contribution in [3.8, 4) is 0 Å². The molecule has 0 unspecified atom stereocenters. The molecule has 0 aliphatic carbocycles. The van der Waals surface area contributed by atoms with E-state index in [1.54, 1.807) is 0 Å². The van der Waals surface area contributed by atoms with Crippen LogP contribution in [0.25, 0.3) is 0 Å². The summed E-state index contributed by atoms with van der Waals surface area (Å²) in [5, 5.41) is 5.73. The topological polar surface area (TPSA) is 87.3 Å². The van der Waals surface area contributed by atoms with Gasteiger partial charge in [-0.3, -0.25) is 4.79 Å². The summed E-state index contributed by atoms with van der Waals surface area (Å²) in [5.41, 5.74) is 0. The molecule has 0 aromatic rings. The molecule has 17 heavy (non-hydrogen) atoms. The second-order valence-electron chi connectivity index (χ2n) is 4.39. The van der Waals surface area contributed by atoms with E-state index in [0.29, 0.717) is 32.0 Å². The fourth-order valence-corrected chi connectivity index (χ4v) is 1.57. The molecule has 3 N–H and O–H groups in total. The quantitative estimate of drug-likeness (QED) is 0.481. The van der Waals surface area contributed by atoms with Crippen LogP contribution in [-0.2, 0) is 14.8 Å². The van der Waals surface area contributed by atoms with E-state index in [2.05, 4.69) is 15.4 Å². The summed E-state index contributed by atoms with van der Waals surface area (Å²) >= 11 is 0. The van der Waals surface area contributed by atoms with Crippen molar-refractivity contribution < 1.29 is 13.2 Å². The molecule has 102 valence electrons. The van der Waals surface area contributed by atoms with Crippen molar-refractivity contribution in [2.75, 3.05) is 32.4 Å². The van der Waals surface area contributed by atoms with Crippen LogP contribution in [-0.4, -0.2) is 46.8 Å². The highest BCUT2D eigenvalue weighted by Gasteiger charge is 2.02. The smallest absolute Gasteiger partial charge is 0.233 e. The number of rotatable bonds is 9. The zero-order chi connectivity index (χ0) is 13.3. The van der Waals surface area contributed by atoms with Crippen molar-refractivity contribution in [2.45, 2.75) is 20.3 Å². The molecule has 0 bridgehead atoms. The maximum Gasteiger partial charge on any atom is 0.233 e. The predicted octanol–water partition coefficient (Wildman–Crippen LogP) is -0.712. The number of sulfonamides is 1. The minimum atomic E-state index is -3.10. The van der Waals surface area contributed by atoms with E-state index in [-0.39, 0.29) is 12.5 Å². The van der Waals surface area contributed by atoms with Gasteiger partial charge in [-0.25, -0.2) is 13.1 Å². The van der Waals surface area contributed by atoms with E-state index >= 15 is 0 Å². The van der Waals surface area contributed by atoms with Crippen molar-refractivity contribution in [3.63, 3.8) is 0 Å². The van der Waals surface area contributed by atoms with Crippen LogP contribution in [0.5, 0.6) is 0 Å². The van der Waals surface area contributed by atoms with E-state index in [9.17, 15) is 13.2 Å². The molecule has 7 heteroatoms. The maximum atomic E-state index is 11.3. The van der Waals surface area contributed by atoms with Crippen LogP contribution in [0, 0.1) is 5.92 Å². The summed E-state index contributed by atoms with van der Waals surface area (Å²) in [6.07, 6.45) is 1.78. The molecule has 0 aliphatic rings. The van der Waals surface area contributed by atoms with Gasteiger partial charge in [0.1, 0.15) is 0 Å². The molecule has 0 radical (unpaired) electrons. The Labute approximate surface area is 104 Å². The van der Waals surface area contributed by atoms with Gasteiger partial charge in [-0.2, -0.15) is 0 Å². The summed E-state index contributed by atoms with van der Waals surface area (Å²) < 4.78 is 23.8. The molecule has 0 aliphatic heterocycles. The van der Waals surface area contributed by atoms with Crippen LogP contribution >= 0.6 is 0 Å². The highest BCUT2D eigenvalue weighted by molar-refractivity contribution is 7.88. The van der Waals surface area contributed by atoms with Gasteiger partial charge in [0, 0.05) is 13.1 Å². The average molecular weight is 265 g/mol. The first-order valence-corrected chi connectivity index (χ1v) is 7.62. The number of hydrogen-bond donors (Lipinski definition) is 3. The number of carbonyl (C=O) groups is 1. The van der Waals surface area contributed by atoms with E-state index < -0.39 is 10.0 Å². The van der Waals surface area contributed by atoms with Gasteiger partial charge in [0.05, 0.1) is 12.8 Å². The summed E-state index contributed by atoms with van der Waals surface area (Å²) in [6.45, 7) is 6.01. The van der Waals surface area contributed by atoms with Gasteiger partial charge in [-0.05, 0) is 18.9 Å². The molecule has 0 aromatic carbocycles. The highest BCUT2D eigenvalue weighted by atomic mass is 32.2. The summed E-state index contributed by atoms with van der Waals surface area (Å²) in [5.74, 6) is 0.410. The molecule has 0 saturated carbocycles. The van der Waals surface area contributed by atoms with Crippen LogP contribution in [0.3, 0.4) is 0 Å². The third-order valence-corrected chi connectivity index (χ3v) is 2.62. The summed E-state index contributed by atoms with van der Waals surface area (Å²) in [6, 6.07) is 0. The number of hydrogen-bond acceptors (Lipinski definition) is 4. The molecule has 0 heterocycles. The Hall–Kier alpha value is -0.660. The molecule has 0 aromatic heterocycles. The molecule has 0 atom stereocenters. The van der Waals surface area contributed by atoms with Gasteiger partial charge >= 0.3 is 0 Å². The third-order valence-electron chi connectivity index (χ3n) is 1.89. The molecule has 0 saturated heterocycles. The van der Waals surface area contributed by atoms with Gasteiger partial charge in [0.15, 0.2) is 0 Å². The first kappa shape index (κ1) is 16.3. The molecule has 1 amide bonds. The monoisotopic (exact) mass is 265 g/mol. The minimum Gasteiger partial charge on any atom is -0.355 e. The largest absolute Gasteiger partial charge is 0.355 e. The SMILES string of the molecule is CC(C)CNC(=O)CNCCCNS(C)(=O)=O. The van der Waals surface area contributed by atoms with E-state index in [0.717, 1.165) is 6.26 Å². The molecule has 6 nitrogen and oxygen atoms in total. The maximum absolute atomic E-state index is 11.3. The predicted molar refractivity (Wildman–Crippen MR) is 68.2 cm³/mol. The van der Waals surface area contributed by atoms with Gasteiger partial charge in [0.25, 0.3) is 0 Å². The Bertz CT molecular complexity index is 315. The fraction of sp³-hybridized carbons (Fsp3) is 0.900. The zero-order valence-electron chi connectivity index (χ0n) is 10.7. The Morgan fingerprint density at radius 1 is 1.24 bits per heavy atom. The lowest BCUT2D eigenvalue weighted by atomic mass is 10.2. The van der Waals surface area contributed by atoms with Crippen LogP contribution in [0.15, 0.2) is 0 Å². The van der Waals surface area contributed by atoms with Crippen molar-refractivity contribution in [3.05, 3.63) is 0 Å². The molecule has 0 spiro atoms. The lowest BCUT2D eigenvalue weighted by Gasteiger charge is -2.08. The zero-order valence-corrected chi connectivity index (χ0v) is 11.6. The van der Waals surface area contributed by atoms with Crippen molar-refractivity contribution >= 4 is 15.9 Å². The van der Waals surface area contributed by atoms with Crippen molar-refractivity contribution in [1.29, 1.82) is 0 Å². The number of amides is 1. The van der Waals surface area contributed by atoms with E-state index in [1.807, 2.05) is 13.8 Å². The second kappa shape index (κ2) is 8.43. The lowest BCUT2D eigenvalue weighted by molar-refractivity contribution is -0.120. The first-order valence-electron chi connectivity index (χ1n) is 5.73. The standard InChI is InChI=1S/C10H23N3O3S/c1-9(2)7-12-10(14)8-11-5-4-6-13-17(3,15)16/h9,11,13H,4-8H2,1-3H3,(H,12,14). The Morgan fingerprint density at radius 3 is 2.41 bits per heavy atom. The van der Waals surface area contributed by atoms with E-state index in [1.165, 1.54) is 0 Å². The highest BCUT2D eigenvalue weighted by Crippen LogP contribution is 1.86. The summed E-state index contributed by atoms with van der Waals surface area (Å²) in [4.78, 5) is 11.3. The first-order chi connectivity index (χ1) is 7.81.